The number of fused-ring (bicyclic) bond motifs is 1. The van der Waals surface area contributed by atoms with E-state index in [1.807, 2.05) is 36.1 Å². The van der Waals surface area contributed by atoms with E-state index in [4.69, 9.17) is 10.6 Å². The number of pyridine rings is 1. The fourth-order valence-electron chi connectivity index (χ4n) is 2.60. The van der Waals surface area contributed by atoms with Gasteiger partial charge in [0.1, 0.15) is 5.82 Å². The number of nitrogen functional groups attached to an aromatic ring is 1. The van der Waals surface area contributed by atoms with Gasteiger partial charge in [0.15, 0.2) is 0 Å². The lowest BCUT2D eigenvalue weighted by Gasteiger charge is -2.31. The Labute approximate surface area is 122 Å². The summed E-state index contributed by atoms with van der Waals surface area (Å²) in [5.74, 6) is 5.92. The summed E-state index contributed by atoms with van der Waals surface area (Å²) in [5.41, 5.74) is 3.88. The average molecular weight is 286 g/mol. The lowest BCUT2D eigenvalue weighted by Crippen LogP contribution is -2.44. The number of carbonyl (C=O) groups excluding carboxylic acids is 1. The van der Waals surface area contributed by atoms with Crippen LogP contribution in [0.4, 0.5) is 5.82 Å². The first-order chi connectivity index (χ1) is 10.2. The maximum absolute atomic E-state index is 12.8. The summed E-state index contributed by atoms with van der Waals surface area (Å²) in [6.45, 7) is 3.74. The van der Waals surface area contributed by atoms with Crippen LogP contribution in [0.5, 0.6) is 0 Å². The Morgan fingerprint density at radius 3 is 3.05 bits per heavy atom. The number of nitrogens with zero attached hydrogens (tertiary/aromatic N) is 2. The van der Waals surface area contributed by atoms with Crippen molar-refractivity contribution >= 4 is 22.6 Å². The molecule has 0 saturated carbocycles. The normalized spacial score (nSPS) is 18.8. The summed E-state index contributed by atoms with van der Waals surface area (Å²) in [6.07, 6.45) is 0.0582. The van der Waals surface area contributed by atoms with Crippen LogP contribution in [-0.4, -0.2) is 41.6 Å². The minimum absolute atomic E-state index is 0.0137. The number of para-hydroxylation sites is 1. The Balaban J connectivity index is 2.04. The number of hydrogen-bond acceptors (Lipinski definition) is 5. The number of amides is 1. The first-order valence-corrected chi connectivity index (χ1v) is 6.96. The highest BCUT2D eigenvalue weighted by molar-refractivity contribution is 6.07. The number of anilines is 1. The van der Waals surface area contributed by atoms with Crippen LogP contribution in [0.1, 0.15) is 17.3 Å². The minimum atomic E-state index is -0.0137. The zero-order chi connectivity index (χ0) is 14.8. The van der Waals surface area contributed by atoms with Gasteiger partial charge < -0.3 is 15.1 Å². The van der Waals surface area contributed by atoms with E-state index in [0.29, 0.717) is 31.1 Å². The number of morpholine rings is 1. The largest absolute Gasteiger partial charge is 0.375 e. The van der Waals surface area contributed by atoms with Gasteiger partial charge in [0, 0.05) is 18.5 Å². The number of carbonyl (C=O) groups is 1. The van der Waals surface area contributed by atoms with Gasteiger partial charge in [-0.3, -0.25) is 4.79 Å². The molecule has 0 spiro atoms. The minimum Gasteiger partial charge on any atom is -0.375 e. The smallest absolute Gasteiger partial charge is 0.254 e. The number of benzene rings is 1. The zero-order valence-electron chi connectivity index (χ0n) is 11.9. The van der Waals surface area contributed by atoms with E-state index in [1.54, 1.807) is 6.07 Å². The molecule has 1 unspecified atom stereocenters. The molecule has 0 aliphatic carbocycles. The van der Waals surface area contributed by atoms with Gasteiger partial charge in [0.05, 0.1) is 23.8 Å². The Kier molecular flexibility index (Phi) is 3.72. The fraction of sp³-hybridized carbons (Fsp3) is 0.333. The zero-order valence-corrected chi connectivity index (χ0v) is 11.9. The molecule has 2 aromatic rings. The fourth-order valence-corrected chi connectivity index (χ4v) is 2.60. The molecule has 1 aromatic heterocycles. The number of aromatic nitrogens is 1. The topological polar surface area (TPSA) is 80.5 Å². The number of ether oxygens (including phenoxy) is 1. The van der Waals surface area contributed by atoms with Crippen LogP contribution in [0.2, 0.25) is 0 Å². The molecule has 1 aliphatic heterocycles. The highest BCUT2D eigenvalue weighted by atomic mass is 16.5. The third kappa shape index (κ3) is 2.68. The Bertz CT molecular complexity index is 674. The summed E-state index contributed by atoms with van der Waals surface area (Å²) < 4.78 is 5.49. The predicted molar refractivity (Wildman–Crippen MR) is 80.9 cm³/mol. The van der Waals surface area contributed by atoms with E-state index in [-0.39, 0.29) is 12.0 Å². The van der Waals surface area contributed by atoms with Crippen molar-refractivity contribution in [2.24, 2.45) is 5.84 Å². The molecule has 110 valence electrons. The number of hydrazine groups is 1. The third-order valence-electron chi connectivity index (χ3n) is 3.62. The van der Waals surface area contributed by atoms with Gasteiger partial charge in [-0.1, -0.05) is 18.2 Å². The molecule has 21 heavy (non-hydrogen) atoms. The molecular formula is C15H18N4O2. The summed E-state index contributed by atoms with van der Waals surface area (Å²) >= 11 is 0. The molecule has 3 N–H and O–H groups in total. The first kappa shape index (κ1) is 13.8. The van der Waals surface area contributed by atoms with E-state index in [0.717, 1.165) is 10.9 Å². The van der Waals surface area contributed by atoms with E-state index in [1.165, 1.54) is 0 Å². The van der Waals surface area contributed by atoms with Gasteiger partial charge in [-0.15, -0.1) is 0 Å². The molecule has 3 rings (SSSR count). The van der Waals surface area contributed by atoms with Crippen molar-refractivity contribution in [1.29, 1.82) is 0 Å². The molecule has 1 aliphatic rings. The molecule has 1 amide bonds. The number of nitrogens with two attached hydrogens (primary N) is 1. The quantitative estimate of drug-likeness (QED) is 0.644. The third-order valence-corrected chi connectivity index (χ3v) is 3.62. The van der Waals surface area contributed by atoms with Crippen molar-refractivity contribution in [2.45, 2.75) is 13.0 Å². The molecule has 1 aromatic carbocycles. The molecule has 6 heteroatoms. The maximum Gasteiger partial charge on any atom is 0.254 e. The summed E-state index contributed by atoms with van der Waals surface area (Å²) in [7, 11) is 0. The second kappa shape index (κ2) is 5.67. The molecule has 1 fully saturated rings. The Morgan fingerprint density at radius 2 is 2.29 bits per heavy atom. The van der Waals surface area contributed by atoms with Crippen LogP contribution in [-0.2, 0) is 4.74 Å². The van der Waals surface area contributed by atoms with E-state index < -0.39 is 0 Å². The lowest BCUT2D eigenvalue weighted by atomic mass is 10.1. The van der Waals surface area contributed by atoms with Crippen molar-refractivity contribution in [2.75, 3.05) is 25.1 Å². The van der Waals surface area contributed by atoms with Gasteiger partial charge in [-0.25, -0.2) is 10.8 Å². The van der Waals surface area contributed by atoms with Crippen LogP contribution >= 0.6 is 0 Å². The van der Waals surface area contributed by atoms with Gasteiger partial charge >= 0.3 is 0 Å². The van der Waals surface area contributed by atoms with Crippen molar-refractivity contribution in [1.82, 2.24) is 9.88 Å². The van der Waals surface area contributed by atoms with Crippen molar-refractivity contribution < 1.29 is 9.53 Å². The molecule has 1 atom stereocenters. The predicted octanol–water partition coefficient (Wildman–Crippen LogP) is 1.38. The second-order valence-electron chi connectivity index (χ2n) is 5.15. The first-order valence-electron chi connectivity index (χ1n) is 6.96. The Hall–Kier alpha value is -2.18. The van der Waals surface area contributed by atoms with Crippen LogP contribution in [0.25, 0.3) is 10.9 Å². The molecule has 1 saturated heterocycles. The van der Waals surface area contributed by atoms with Crippen LogP contribution in [0, 0.1) is 0 Å². The van der Waals surface area contributed by atoms with Crippen LogP contribution < -0.4 is 11.3 Å². The molecular weight excluding hydrogens is 268 g/mol. The van der Waals surface area contributed by atoms with Crippen molar-refractivity contribution in [3.63, 3.8) is 0 Å². The maximum atomic E-state index is 12.8. The SMILES string of the molecule is CC1CN(C(=O)c2cc(NN)nc3ccccc23)CCO1. The standard InChI is InChI=1S/C15H18N4O2/c1-10-9-19(6-7-21-10)15(20)12-8-14(18-16)17-13-5-3-2-4-11(12)13/h2-5,8,10H,6-7,9,16H2,1H3,(H,17,18). The molecule has 6 nitrogen and oxygen atoms in total. The van der Waals surface area contributed by atoms with Gasteiger partial charge in [0.2, 0.25) is 0 Å². The van der Waals surface area contributed by atoms with E-state index in [9.17, 15) is 4.79 Å². The highest BCUT2D eigenvalue weighted by Crippen LogP contribution is 2.22. The average Bonchev–Trinajstić information content (AvgIpc) is 2.53. The molecule has 0 radical (unpaired) electrons. The Morgan fingerprint density at radius 1 is 1.48 bits per heavy atom. The van der Waals surface area contributed by atoms with Crippen LogP contribution in [0.3, 0.4) is 0 Å². The lowest BCUT2D eigenvalue weighted by molar-refractivity contribution is -0.0123. The number of hydrogen-bond donors (Lipinski definition) is 2. The van der Waals surface area contributed by atoms with Crippen molar-refractivity contribution in [3.05, 3.63) is 35.9 Å². The van der Waals surface area contributed by atoms with E-state index >= 15 is 0 Å². The molecule has 0 bridgehead atoms. The summed E-state index contributed by atoms with van der Waals surface area (Å²) in [6, 6.07) is 9.26. The second-order valence-corrected chi connectivity index (χ2v) is 5.15. The van der Waals surface area contributed by atoms with Crippen molar-refractivity contribution in [3.8, 4) is 0 Å². The van der Waals surface area contributed by atoms with Gasteiger partial charge in [0.25, 0.3) is 5.91 Å². The number of nitrogens with one attached hydrogen (secondary N) is 1. The highest BCUT2D eigenvalue weighted by Gasteiger charge is 2.24. The summed E-state index contributed by atoms with van der Waals surface area (Å²) in [4.78, 5) is 19.0. The number of rotatable bonds is 2. The summed E-state index contributed by atoms with van der Waals surface area (Å²) in [5, 5.41) is 0.834. The van der Waals surface area contributed by atoms with Gasteiger partial charge in [-0.2, -0.15) is 0 Å². The van der Waals surface area contributed by atoms with Crippen LogP contribution in [0.15, 0.2) is 30.3 Å². The van der Waals surface area contributed by atoms with Gasteiger partial charge in [-0.05, 0) is 19.1 Å². The van der Waals surface area contributed by atoms with E-state index in [2.05, 4.69) is 10.4 Å². The monoisotopic (exact) mass is 286 g/mol. The molecule has 2 heterocycles.